The molecule has 0 spiro atoms. The molecular formula is C14H28N2O. The van der Waals surface area contributed by atoms with Crippen molar-refractivity contribution in [2.75, 3.05) is 20.1 Å². The molecule has 4 atom stereocenters. The third kappa shape index (κ3) is 3.21. The first-order valence-electron chi connectivity index (χ1n) is 7.25. The molecule has 0 bridgehead atoms. The van der Waals surface area contributed by atoms with Crippen LogP contribution in [0.1, 0.15) is 39.5 Å². The molecular weight excluding hydrogens is 212 g/mol. The second kappa shape index (κ2) is 5.68. The number of hydrogen-bond donors (Lipinski definition) is 2. The van der Waals surface area contributed by atoms with Gasteiger partial charge in [0.15, 0.2) is 0 Å². The Balaban J connectivity index is 1.96. The number of piperidine rings is 1. The fraction of sp³-hybridized carbons (Fsp3) is 1.00. The molecule has 0 aromatic heterocycles. The Labute approximate surface area is 106 Å². The average Bonchev–Trinajstić information content (AvgIpc) is 3.20. The van der Waals surface area contributed by atoms with Crippen LogP contribution in [0.5, 0.6) is 0 Å². The van der Waals surface area contributed by atoms with Gasteiger partial charge < -0.3 is 10.4 Å². The highest BCUT2D eigenvalue weighted by atomic mass is 16.3. The first kappa shape index (κ1) is 13.3. The molecule has 0 aromatic carbocycles. The summed E-state index contributed by atoms with van der Waals surface area (Å²) < 4.78 is 0. The van der Waals surface area contributed by atoms with E-state index in [1.165, 1.54) is 12.8 Å². The molecule has 2 fully saturated rings. The highest BCUT2D eigenvalue weighted by Gasteiger charge is 2.37. The van der Waals surface area contributed by atoms with Gasteiger partial charge in [-0.3, -0.25) is 4.90 Å². The van der Waals surface area contributed by atoms with E-state index in [4.69, 9.17) is 0 Å². The summed E-state index contributed by atoms with van der Waals surface area (Å²) >= 11 is 0. The van der Waals surface area contributed by atoms with E-state index in [2.05, 4.69) is 24.1 Å². The molecule has 1 aliphatic heterocycles. The second-order valence-corrected chi connectivity index (χ2v) is 5.99. The number of rotatable bonds is 5. The highest BCUT2D eigenvalue weighted by Crippen LogP contribution is 2.37. The van der Waals surface area contributed by atoms with Crippen molar-refractivity contribution < 1.29 is 5.11 Å². The van der Waals surface area contributed by atoms with E-state index in [1.54, 1.807) is 0 Å². The monoisotopic (exact) mass is 240 g/mol. The molecule has 3 nitrogen and oxygen atoms in total. The predicted octanol–water partition coefficient (Wildman–Crippen LogP) is 1.47. The zero-order valence-electron chi connectivity index (χ0n) is 11.5. The molecule has 1 aliphatic carbocycles. The van der Waals surface area contributed by atoms with Crippen LogP contribution in [0.4, 0.5) is 0 Å². The Bertz CT molecular complexity index is 242. The fourth-order valence-corrected chi connectivity index (χ4v) is 3.20. The first-order valence-corrected chi connectivity index (χ1v) is 7.25. The summed E-state index contributed by atoms with van der Waals surface area (Å²) in [7, 11) is 2.05. The average molecular weight is 240 g/mol. The Hall–Kier alpha value is -0.120. The van der Waals surface area contributed by atoms with Crippen LogP contribution in [0.25, 0.3) is 0 Å². The zero-order valence-corrected chi connectivity index (χ0v) is 11.5. The fourth-order valence-electron chi connectivity index (χ4n) is 3.20. The minimum Gasteiger partial charge on any atom is -0.393 e. The Morgan fingerprint density at radius 3 is 2.53 bits per heavy atom. The van der Waals surface area contributed by atoms with E-state index in [1.807, 2.05) is 7.05 Å². The maximum atomic E-state index is 10.1. The molecule has 4 unspecified atom stereocenters. The van der Waals surface area contributed by atoms with E-state index in [0.717, 1.165) is 31.8 Å². The number of aliphatic hydroxyl groups excluding tert-OH is 1. The van der Waals surface area contributed by atoms with Crippen molar-refractivity contribution in [2.45, 2.75) is 57.7 Å². The van der Waals surface area contributed by atoms with Crippen LogP contribution in [-0.2, 0) is 0 Å². The lowest BCUT2D eigenvalue weighted by molar-refractivity contribution is 0.0193. The van der Waals surface area contributed by atoms with Crippen LogP contribution < -0.4 is 5.32 Å². The van der Waals surface area contributed by atoms with Gasteiger partial charge in [0.25, 0.3) is 0 Å². The van der Waals surface area contributed by atoms with Gasteiger partial charge in [0.2, 0.25) is 0 Å². The quantitative estimate of drug-likeness (QED) is 0.764. The summed E-state index contributed by atoms with van der Waals surface area (Å²) in [5.41, 5.74) is 0. The van der Waals surface area contributed by atoms with Crippen molar-refractivity contribution in [3.05, 3.63) is 0 Å². The molecule has 0 radical (unpaired) electrons. The van der Waals surface area contributed by atoms with Crippen LogP contribution in [-0.4, -0.2) is 48.3 Å². The third-order valence-corrected chi connectivity index (χ3v) is 4.76. The maximum Gasteiger partial charge on any atom is 0.0578 e. The topological polar surface area (TPSA) is 35.5 Å². The standard InChI is InChI=1S/C14H28N2O/c1-4-14(17)12-7-13(15-3)9-16(8-12)10(2)11-5-6-11/h10-15,17H,4-9H2,1-3H3. The number of nitrogens with one attached hydrogen (secondary N) is 1. The lowest BCUT2D eigenvalue weighted by Gasteiger charge is -2.42. The van der Waals surface area contributed by atoms with Crippen molar-refractivity contribution in [2.24, 2.45) is 11.8 Å². The van der Waals surface area contributed by atoms with Gasteiger partial charge in [0, 0.05) is 25.2 Å². The van der Waals surface area contributed by atoms with Gasteiger partial charge in [-0.15, -0.1) is 0 Å². The van der Waals surface area contributed by atoms with Crippen LogP contribution in [0, 0.1) is 11.8 Å². The first-order chi connectivity index (χ1) is 8.15. The normalized spacial score (nSPS) is 34.6. The number of likely N-dealkylation sites (tertiary alicyclic amines) is 1. The van der Waals surface area contributed by atoms with E-state index in [0.29, 0.717) is 18.0 Å². The van der Waals surface area contributed by atoms with Crippen LogP contribution >= 0.6 is 0 Å². The summed E-state index contributed by atoms with van der Waals surface area (Å²) in [5.74, 6) is 1.37. The van der Waals surface area contributed by atoms with Crippen molar-refractivity contribution in [3.8, 4) is 0 Å². The SMILES string of the molecule is CCC(O)C1CC(NC)CN(C(C)C2CC2)C1. The summed E-state index contributed by atoms with van der Waals surface area (Å²) in [6.07, 6.45) is 4.69. The largest absolute Gasteiger partial charge is 0.393 e. The number of likely N-dealkylation sites (N-methyl/N-ethyl adjacent to an activating group) is 1. The maximum absolute atomic E-state index is 10.1. The summed E-state index contributed by atoms with van der Waals surface area (Å²) in [5, 5.41) is 13.5. The molecule has 1 saturated heterocycles. The van der Waals surface area contributed by atoms with Gasteiger partial charge in [0.05, 0.1) is 6.10 Å². The van der Waals surface area contributed by atoms with Gasteiger partial charge in [-0.05, 0) is 51.5 Å². The zero-order chi connectivity index (χ0) is 12.4. The van der Waals surface area contributed by atoms with Crippen molar-refractivity contribution in [1.82, 2.24) is 10.2 Å². The van der Waals surface area contributed by atoms with Crippen molar-refractivity contribution in [3.63, 3.8) is 0 Å². The van der Waals surface area contributed by atoms with Crippen LogP contribution in [0.15, 0.2) is 0 Å². The predicted molar refractivity (Wildman–Crippen MR) is 71.0 cm³/mol. The smallest absolute Gasteiger partial charge is 0.0578 e. The lowest BCUT2D eigenvalue weighted by Crippen LogP contribution is -2.53. The van der Waals surface area contributed by atoms with E-state index in [-0.39, 0.29) is 6.10 Å². The van der Waals surface area contributed by atoms with Gasteiger partial charge in [-0.1, -0.05) is 6.92 Å². The Morgan fingerprint density at radius 2 is 2.00 bits per heavy atom. The molecule has 1 heterocycles. The van der Waals surface area contributed by atoms with E-state index in [9.17, 15) is 5.11 Å². The number of nitrogens with zero attached hydrogens (tertiary/aromatic N) is 1. The molecule has 2 aliphatic rings. The molecule has 0 amide bonds. The van der Waals surface area contributed by atoms with Gasteiger partial charge >= 0.3 is 0 Å². The second-order valence-electron chi connectivity index (χ2n) is 5.99. The summed E-state index contributed by atoms with van der Waals surface area (Å²) in [4.78, 5) is 2.60. The molecule has 0 aromatic rings. The van der Waals surface area contributed by atoms with Crippen molar-refractivity contribution >= 4 is 0 Å². The van der Waals surface area contributed by atoms with Gasteiger partial charge in [0.1, 0.15) is 0 Å². The summed E-state index contributed by atoms with van der Waals surface area (Å²) in [6, 6.07) is 1.26. The van der Waals surface area contributed by atoms with Crippen LogP contribution in [0.2, 0.25) is 0 Å². The lowest BCUT2D eigenvalue weighted by atomic mass is 9.87. The molecule has 100 valence electrons. The number of aliphatic hydroxyl groups is 1. The third-order valence-electron chi connectivity index (χ3n) is 4.76. The Morgan fingerprint density at radius 1 is 1.29 bits per heavy atom. The van der Waals surface area contributed by atoms with Crippen LogP contribution in [0.3, 0.4) is 0 Å². The van der Waals surface area contributed by atoms with Crippen molar-refractivity contribution in [1.29, 1.82) is 0 Å². The number of hydrogen-bond acceptors (Lipinski definition) is 3. The van der Waals surface area contributed by atoms with E-state index >= 15 is 0 Å². The Kier molecular flexibility index (Phi) is 4.45. The van der Waals surface area contributed by atoms with Gasteiger partial charge in [-0.25, -0.2) is 0 Å². The molecule has 17 heavy (non-hydrogen) atoms. The van der Waals surface area contributed by atoms with E-state index < -0.39 is 0 Å². The molecule has 2 N–H and O–H groups in total. The van der Waals surface area contributed by atoms with Gasteiger partial charge in [-0.2, -0.15) is 0 Å². The minimum absolute atomic E-state index is 0.125. The minimum atomic E-state index is -0.125. The molecule has 1 saturated carbocycles. The summed E-state index contributed by atoms with van der Waals surface area (Å²) in [6.45, 7) is 6.69. The molecule has 2 rings (SSSR count). The highest BCUT2D eigenvalue weighted by molar-refractivity contribution is 4.92. The molecule has 3 heteroatoms.